The first kappa shape index (κ1) is 18.8. The molecule has 1 saturated carbocycles. The highest BCUT2D eigenvalue weighted by Gasteiger charge is 2.46. The van der Waals surface area contributed by atoms with E-state index >= 15 is 0 Å². The summed E-state index contributed by atoms with van der Waals surface area (Å²) in [7, 11) is 0.851. The average Bonchev–Trinajstić information content (AvgIpc) is 3.02. The third-order valence-corrected chi connectivity index (χ3v) is 7.86. The fourth-order valence-corrected chi connectivity index (χ4v) is 5.09. The number of nitrogens with zero attached hydrogens (tertiary/aromatic N) is 6. The minimum absolute atomic E-state index is 0.517. The number of ether oxygens (including phenoxy) is 1. The Balaban J connectivity index is 1.50. The standard InChI is InChI=1S/C21H30N6OSi/c1-25-9-17(8-24-25)18-12-27(14-28-5-6-29(2,3)4)21-19(18)20(22-13-23-21)26-10-15-7-16(15)11-26/h8-9,12-13,15-16H,5-7,10-11,14H2,1-4H3. The van der Waals surface area contributed by atoms with Crippen LogP contribution in [-0.2, 0) is 18.5 Å². The van der Waals surface area contributed by atoms with Crippen molar-refractivity contribution in [3.8, 4) is 11.1 Å². The van der Waals surface area contributed by atoms with Crippen molar-refractivity contribution in [3.63, 3.8) is 0 Å². The van der Waals surface area contributed by atoms with Crippen LogP contribution < -0.4 is 4.90 Å². The van der Waals surface area contributed by atoms with E-state index in [0.717, 1.165) is 59.5 Å². The van der Waals surface area contributed by atoms with Crippen LogP contribution >= 0.6 is 0 Å². The van der Waals surface area contributed by atoms with E-state index < -0.39 is 8.07 Å². The number of piperidine rings is 1. The Morgan fingerprint density at radius 3 is 2.62 bits per heavy atom. The molecule has 7 nitrogen and oxygen atoms in total. The minimum atomic E-state index is -1.10. The van der Waals surface area contributed by atoms with Gasteiger partial charge in [-0.25, -0.2) is 9.97 Å². The van der Waals surface area contributed by atoms with E-state index in [0.29, 0.717) is 6.73 Å². The molecule has 1 saturated heterocycles. The van der Waals surface area contributed by atoms with Crippen molar-refractivity contribution in [1.82, 2.24) is 24.3 Å². The van der Waals surface area contributed by atoms with Crippen LogP contribution in [0.25, 0.3) is 22.2 Å². The molecule has 1 aliphatic heterocycles. The molecule has 2 unspecified atom stereocenters. The summed E-state index contributed by atoms with van der Waals surface area (Å²) < 4.78 is 10.0. The van der Waals surface area contributed by atoms with Gasteiger partial charge in [-0.2, -0.15) is 5.10 Å². The molecule has 2 atom stereocenters. The Morgan fingerprint density at radius 2 is 1.93 bits per heavy atom. The maximum Gasteiger partial charge on any atom is 0.148 e. The van der Waals surface area contributed by atoms with Crippen molar-refractivity contribution in [2.24, 2.45) is 18.9 Å². The summed E-state index contributed by atoms with van der Waals surface area (Å²) in [4.78, 5) is 11.8. The van der Waals surface area contributed by atoms with Gasteiger partial charge in [0.05, 0.1) is 11.6 Å². The highest BCUT2D eigenvalue weighted by Crippen LogP contribution is 2.47. The van der Waals surface area contributed by atoms with Gasteiger partial charge in [0.1, 0.15) is 24.5 Å². The molecule has 3 aromatic heterocycles. The number of hydrogen-bond acceptors (Lipinski definition) is 5. The van der Waals surface area contributed by atoms with Crippen molar-refractivity contribution in [2.75, 3.05) is 24.6 Å². The molecule has 3 aromatic rings. The quantitative estimate of drug-likeness (QED) is 0.440. The van der Waals surface area contributed by atoms with Crippen molar-refractivity contribution in [1.29, 1.82) is 0 Å². The summed E-state index contributed by atoms with van der Waals surface area (Å²) >= 11 is 0. The van der Waals surface area contributed by atoms with E-state index in [2.05, 4.69) is 51.6 Å². The fraction of sp³-hybridized carbons (Fsp3) is 0.571. The van der Waals surface area contributed by atoms with Gasteiger partial charge in [-0.1, -0.05) is 19.6 Å². The molecule has 0 bridgehead atoms. The van der Waals surface area contributed by atoms with Crippen molar-refractivity contribution in [3.05, 3.63) is 24.9 Å². The third-order valence-electron chi connectivity index (χ3n) is 6.15. The first-order chi connectivity index (χ1) is 13.9. The number of hydrogen-bond donors (Lipinski definition) is 0. The van der Waals surface area contributed by atoms with Gasteiger partial charge in [-0.15, -0.1) is 0 Å². The Hall–Kier alpha value is -2.19. The van der Waals surface area contributed by atoms with Gasteiger partial charge >= 0.3 is 0 Å². The highest BCUT2D eigenvalue weighted by molar-refractivity contribution is 6.76. The van der Waals surface area contributed by atoms with Crippen LogP contribution in [0.2, 0.25) is 25.7 Å². The molecule has 29 heavy (non-hydrogen) atoms. The molecule has 0 amide bonds. The van der Waals surface area contributed by atoms with Crippen LogP contribution in [0.4, 0.5) is 5.82 Å². The van der Waals surface area contributed by atoms with Crippen LogP contribution in [0, 0.1) is 11.8 Å². The molecular formula is C21H30N6OSi. The highest BCUT2D eigenvalue weighted by atomic mass is 28.3. The van der Waals surface area contributed by atoms with Crippen LogP contribution in [0.1, 0.15) is 6.42 Å². The molecule has 2 aliphatic rings. The maximum atomic E-state index is 6.05. The maximum absolute atomic E-state index is 6.05. The van der Waals surface area contributed by atoms with Crippen LogP contribution in [0.5, 0.6) is 0 Å². The number of aromatic nitrogens is 5. The van der Waals surface area contributed by atoms with Gasteiger partial charge in [-0.3, -0.25) is 4.68 Å². The zero-order chi connectivity index (χ0) is 20.2. The summed E-state index contributed by atoms with van der Waals surface area (Å²) in [6, 6.07) is 1.17. The lowest BCUT2D eigenvalue weighted by atomic mass is 10.1. The monoisotopic (exact) mass is 410 g/mol. The van der Waals surface area contributed by atoms with Gasteiger partial charge in [0, 0.05) is 58.3 Å². The molecule has 0 N–H and O–H groups in total. The molecular weight excluding hydrogens is 380 g/mol. The number of rotatable bonds is 7. The lowest BCUT2D eigenvalue weighted by Gasteiger charge is -2.20. The minimum Gasteiger partial charge on any atom is -0.361 e. The van der Waals surface area contributed by atoms with E-state index in [1.165, 1.54) is 12.5 Å². The molecule has 2 fully saturated rings. The SMILES string of the molecule is Cn1cc(-c2cn(COCC[Si](C)(C)C)c3ncnc(N4CC5CC5C4)c23)cn1. The molecule has 8 heteroatoms. The third kappa shape index (κ3) is 3.71. The zero-order valence-corrected chi connectivity index (χ0v) is 18.8. The summed E-state index contributed by atoms with van der Waals surface area (Å²) in [6.45, 7) is 10.7. The topological polar surface area (TPSA) is 61.0 Å². The normalized spacial score (nSPS) is 21.2. The molecule has 0 radical (unpaired) electrons. The van der Waals surface area contributed by atoms with Crippen LogP contribution in [0.15, 0.2) is 24.9 Å². The molecule has 154 valence electrons. The van der Waals surface area contributed by atoms with Gasteiger partial charge < -0.3 is 14.2 Å². The molecule has 0 aromatic carbocycles. The van der Waals surface area contributed by atoms with E-state index in [9.17, 15) is 0 Å². The van der Waals surface area contributed by atoms with Gasteiger partial charge in [0.25, 0.3) is 0 Å². The van der Waals surface area contributed by atoms with Gasteiger partial charge in [0.15, 0.2) is 0 Å². The summed E-state index contributed by atoms with van der Waals surface area (Å²) in [5.74, 6) is 2.77. The summed E-state index contributed by atoms with van der Waals surface area (Å²) in [5, 5.41) is 5.51. The van der Waals surface area contributed by atoms with E-state index in [1.54, 1.807) is 6.33 Å². The molecule has 1 aliphatic carbocycles. The average molecular weight is 411 g/mol. The van der Waals surface area contributed by atoms with Crippen LogP contribution in [-0.4, -0.2) is 52.1 Å². The summed E-state index contributed by atoms with van der Waals surface area (Å²) in [6.07, 6.45) is 9.22. The van der Waals surface area contributed by atoms with Gasteiger partial charge in [-0.05, 0) is 24.3 Å². The number of fused-ring (bicyclic) bond motifs is 2. The largest absolute Gasteiger partial charge is 0.361 e. The van der Waals surface area contributed by atoms with E-state index in [4.69, 9.17) is 9.72 Å². The summed E-state index contributed by atoms with van der Waals surface area (Å²) in [5.41, 5.74) is 3.18. The van der Waals surface area contributed by atoms with E-state index in [-0.39, 0.29) is 0 Å². The fourth-order valence-electron chi connectivity index (χ4n) is 4.34. The number of anilines is 1. The second-order valence-corrected chi connectivity index (χ2v) is 15.4. The van der Waals surface area contributed by atoms with Crippen LogP contribution in [0.3, 0.4) is 0 Å². The first-order valence-corrected chi connectivity index (χ1v) is 14.3. The first-order valence-electron chi connectivity index (χ1n) is 10.5. The lowest BCUT2D eigenvalue weighted by molar-refractivity contribution is 0.0899. The predicted octanol–water partition coefficient (Wildman–Crippen LogP) is 3.60. The Kier molecular flexibility index (Phi) is 4.51. The smallest absolute Gasteiger partial charge is 0.148 e. The van der Waals surface area contributed by atoms with Gasteiger partial charge in [0.2, 0.25) is 0 Å². The molecule has 5 rings (SSSR count). The second kappa shape index (κ2) is 6.95. The second-order valence-electron chi connectivity index (χ2n) is 9.82. The van der Waals surface area contributed by atoms with Crippen molar-refractivity contribution < 1.29 is 4.74 Å². The van der Waals surface area contributed by atoms with E-state index in [1.807, 2.05) is 17.9 Å². The van der Waals surface area contributed by atoms with Crippen molar-refractivity contribution in [2.45, 2.75) is 38.8 Å². The Morgan fingerprint density at radius 1 is 1.14 bits per heavy atom. The Labute approximate surface area is 172 Å². The molecule has 4 heterocycles. The predicted molar refractivity (Wildman–Crippen MR) is 118 cm³/mol. The zero-order valence-electron chi connectivity index (χ0n) is 17.8. The lowest BCUT2D eigenvalue weighted by Crippen LogP contribution is -2.23. The van der Waals surface area contributed by atoms with Crippen molar-refractivity contribution >= 4 is 24.9 Å². The molecule has 0 spiro atoms. The Bertz CT molecular complexity index is 1030. The number of aryl methyl sites for hydroxylation is 1.